The lowest BCUT2D eigenvalue weighted by atomic mass is 9.79. The van der Waals surface area contributed by atoms with E-state index in [1.165, 1.54) is 7.11 Å². The van der Waals surface area contributed by atoms with Crippen LogP contribution in [0, 0.1) is 18.8 Å². The van der Waals surface area contributed by atoms with Crippen molar-refractivity contribution < 1.29 is 19.1 Å². The monoisotopic (exact) mass is 388 g/mol. The lowest BCUT2D eigenvalue weighted by Gasteiger charge is -2.26. The van der Waals surface area contributed by atoms with Crippen molar-refractivity contribution >= 4 is 17.4 Å². The van der Waals surface area contributed by atoms with Gasteiger partial charge in [-0.05, 0) is 64.0 Å². The normalized spacial score (nSPS) is 19.1. The average Bonchev–Trinajstić information content (AvgIpc) is 3.03. The molecule has 0 aliphatic heterocycles. The smallest absolute Gasteiger partial charge is 0.308 e. The van der Waals surface area contributed by atoms with E-state index in [9.17, 15) is 9.59 Å². The molecule has 0 unspecified atom stereocenters. The Hall–Kier alpha value is -2.37. The second-order valence-electron chi connectivity index (χ2n) is 7.25. The minimum atomic E-state index is -0.101. The van der Waals surface area contributed by atoms with E-state index < -0.39 is 0 Å². The van der Waals surface area contributed by atoms with Crippen LogP contribution in [0.2, 0.25) is 0 Å². The van der Waals surface area contributed by atoms with Crippen LogP contribution in [0.25, 0.3) is 5.65 Å². The number of pyridine rings is 1. The molecular formula is C22H32N2O4. The second-order valence-corrected chi connectivity index (χ2v) is 7.25. The van der Waals surface area contributed by atoms with Gasteiger partial charge >= 0.3 is 5.97 Å². The quantitative estimate of drug-likeness (QED) is 0.511. The molecule has 0 saturated heterocycles. The van der Waals surface area contributed by atoms with E-state index in [0.29, 0.717) is 36.0 Å². The molecular weight excluding hydrogens is 356 g/mol. The molecule has 0 N–H and O–H groups in total. The molecule has 6 nitrogen and oxygen atoms in total. The molecule has 2 aromatic heterocycles. The van der Waals surface area contributed by atoms with Gasteiger partial charge in [-0.3, -0.25) is 14.0 Å². The van der Waals surface area contributed by atoms with Gasteiger partial charge in [0.15, 0.2) is 17.2 Å². The lowest BCUT2D eigenvalue weighted by molar-refractivity contribution is -0.146. The number of hydrogen-bond donors (Lipinski definition) is 0. The Bertz CT molecular complexity index is 819. The summed E-state index contributed by atoms with van der Waals surface area (Å²) in [7, 11) is 1.45. The fourth-order valence-electron chi connectivity index (χ4n) is 4.07. The van der Waals surface area contributed by atoms with Crippen LogP contribution in [0.1, 0.15) is 69.1 Å². The number of rotatable bonds is 7. The summed E-state index contributed by atoms with van der Waals surface area (Å²) < 4.78 is 12.3. The summed E-state index contributed by atoms with van der Waals surface area (Å²) in [4.78, 5) is 29.1. The largest absolute Gasteiger partial charge is 0.490 e. The number of carbonyl (C=O) groups is 2. The first-order valence-electron chi connectivity index (χ1n) is 9.76. The number of hydrogen-bond acceptors (Lipinski definition) is 5. The van der Waals surface area contributed by atoms with Crippen LogP contribution >= 0.6 is 0 Å². The van der Waals surface area contributed by atoms with E-state index in [4.69, 9.17) is 9.47 Å². The molecule has 28 heavy (non-hydrogen) atoms. The van der Waals surface area contributed by atoms with Crippen molar-refractivity contribution in [1.29, 1.82) is 0 Å². The minimum absolute atomic E-state index is 0. The molecule has 0 radical (unpaired) electrons. The predicted molar refractivity (Wildman–Crippen MR) is 109 cm³/mol. The summed E-state index contributed by atoms with van der Waals surface area (Å²) in [6.07, 6.45) is 6.90. The Balaban J connectivity index is 0.00000280. The highest BCUT2D eigenvalue weighted by Gasteiger charge is 2.27. The number of imidazole rings is 1. The molecule has 154 valence electrons. The maximum absolute atomic E-state index is 12.9. The Morgan fingerprint density at radius 1 is 1.25 bits per heavy atom. The van der Waals surface area contributed by atoms with Gasteiger partial charge in [-0.1, -0.05) is 7.43 Å². The van der Waals surface area contributed by atoms with Gasteiger partial charge in [0.25, 0.3) is 0 Å². The summed E-state index contributed by atoms with van der Waals surface area (Å²) >= 11 is 0. The molecule has 0 aromatic carbocycles. The summed E-state index contributed by atoms with van der Waals surface area (Å²) in [6, 6.07) is 3.75. The first kappa shape index (κ1) is 21.9. The molecule has 1 aliphatic carbocycles. The van der Waals surface area contributed by atoms with Crippen molar-refractivity contribution in [2.24, 2.45) is 11.8 Å². The molecule has 1 aliphatic rings. The van der Waals surface area contributed by atoms with Crippen LogP contribution in [0.15, 0.2) is 18.3 Å². The highest BCUT2D eigenvalue weighted by atomic mass is 16.5. The van der Waals surface area contributed by atoms with Gasteiger partial charge in [-0.25, -0.2) is 4.98 Å². The van der Waals surface area contributed by atoms with Gasteiger partial charge in [0.1, 0.15) is 5.69 Å². The number of ketones is 1. The summed E-state index contributed by atoms with van der Waals surface area (Å²) in [5.41, 5.74) is 2.08. The zero-order valence-corrected chi connectivity index (χ0v) is 16.4. The number of Topliss-reactive ketones (excluding diaryl/α,β-unsaturated/α-hetero) is 1. The van der Waals surface area contributed by atoms with Crippen LogP contribution in [0.3, 0.4) is 0 Å². The topological polar surface area (TPSA) is 69.9 Å². The number of carbonyl (C=O) groups excluding carboxylic acids is 2. The van der Waals surface area contributed by atoms with E-state index in [1.54, 1.807) is 0 Å². The maximum Gasteiger partial charge on any atom is 0.308 e. The van der Waals surface area contributed by atoms with E-state index in [0.717, 1.165) is 37.8 Å². The highest BCUT2D eigenvalue weighted by molar-refractivity contribution is 5.96. The van der Waals surface area contributed by atoms with Gasteiger partial charge in [0.2, 0.25) is 0 Å². The van der Waals surface area contributed by atoms with Gasteiger partial charge in [-0.15, -0.1) is 0 Å². The zero-order chi connectivity index (χ0) is 19.4. The number of aryl methyl sites for hydroxylation is 1. The van der Waals surface area contributed by atoms with Crippen LogP contribution in [-0.4, -0.2) is 34.9 Å². The molecule has 0 spiro atoms. The van der Waals surface area contributed by atoms with E-state index in [-0.39, 0.29) is 25.1 Å². The van der Waals surface area contributed by atoms with Crippen molar-refractivity contribution in [2.45, 2.75) is 59.8 Å². The Kier molecular flexibility index (Phi) is 7.61. The average molecular weight is 389 g/mol. The van der Waals surface area contributed by atoms with Crippen molar-refractivity contribution in [2.75, 3.05) is 13.7 Å². The molecule has 2 aromatic rings. The fourth-order valence-corrected chi connectivity index (χ4v) is 4.07. The molecule has 0 bridgehead atoms. The Labute approximate surface area is 167 Å². The molecule has 1 saturated carbocycles. The number of esters is 1. The molecule has 0 atom stereocenters. The predicted octanol–water partition coefficient (Wildman–Crippen LogP) is 4.62. The fraction of sp³-hybridized carbons (Fsp3) is 0.591. The van der Waals surface area contributed by atoms with Crippen LogP contribution in [0.4, 0.5) is 0 Å². The zero-order valence-electron chi connectivity index (χ0n) is 16.4. The van der Waals surface area contributed by atoms with Crippen LogP contribution < -0.4 is 4.74 Å². The third kappa shape index (κ3) is 4.54. The third-order valence-corrected chi connectivity index (χ3v) is 5.51. The SMILES string of the molecule is C.CCOc1cccn2c(C(=O)CCC3CCC(C(=O)OC)CC3)c(C)nc12. The standard InChI is InChI=1S/C21H28N2O4.CH4/c1-4-27-18-6-5-13-23-19(14(2)22-20(18)23)17(24)12-9-15-7-10-16(11-8-15)21(25)26-3;/h5-6,13,15-16H,4,7-12H2,1-3H3;1H4. The van der Waals surface area contributed by atoms with Gasteiger partial charge in [-0.2, -0.15) is 0 Å². The summed E-state index contributed by atoms with van der Waals surface area (Å²) in [5.74, 6) is 1.23. The van der Waals surface area contributed by atoms with Gasteiger partial charge in [0, 0.05) is 12.6 Å². The van der Waals surface area contributed by atoms with E-state index >= 15 is 0 Å². The van der Waals surface area contributed by atoms with Gasteiger partial charge < -0.3 is 9.47 Å². The lowest BCUT2D eigenvalue weighted by Crippen LogP contribution is -2.23. The van der Waals surface area contributed by atoms with Crippen LogP contribution in [0.5, 0.6) is 5.75 Å². The summed E-state index contributed by atoms with van der Waals surface area (Å²) in [6.45, 7) is 4.36. The Morgan fingerprint density at radius 3 is 2.61 bits per heavy atom. The molecule has 1 fully saturated rings. The molecule has 6 heteroatoms. The van der Waals surface area contributed by atoms with Crippen LogP contribution in [-0.2, 0) is 9.53 Å². The number of methoxy groups -OCH3 is 1. The van der Waals surface area contributed by atoms with Crippen molar-refractivity contribution in [3.63, 3.8) is 0 Å². The first-order chi connectivity index (χ1) is 13.0. The number of fused-ring (bicyclic) bond motifs is 1. The summed E-state index contributed by atoms with van der Waals surface area (Å²) in [5, 5.41) is 0. The molecule has 3 rings (SSSR count). The number of nitrogens with zero attached hydrogens (tertiary/aromatic N) is 2. The molecule has 2 heterocycles. The highest BCUT2D eigenvalue weighted by Crippen LogP contribution is 2.33. The maximum atomic E-state index is 12.9. The second kappa shape index (κ2) is 9.71. The number of ether oxygens (including phenoxy) is 2. The third-order valence-electron chi connectivity index (χ3n) is 5.51. The van der Waals surface area contributed by atoms with E-state index in [1.807, 2.05) is 36.6 Å². The molecule has 0 amide bonds. The van der Waals surface area contributed by atoms with Gasteiger partial charge in [0.05, 0.1) is 25.3 Å². The van der Waals surface area contributed by atoms with Crippen molar-refractivity contribution in [3.8, 4) is 5.75 Å². The Morgan fingerprint density at radius 2 is 1.96 bits per heavy atom. The minimum Gasteiger partial charge on any atom is -0.490 e. The van der Waals surface area contributed by atoms with Crippen molar-refractivity contribution in [3.05, 3.63) is 29.7 Å². The first-order valence-corrected chi connectivity index (χ1v) is 9.76. The van der Waals surface area contributed by atoms with E-state index in [2.05, 4.69) is 4.98 Å². The number of aromatic nitrogens is 2. The van der Waals surface area contributed by atoms with Crippen molar-refractivity contribution in [1.82, 2.24) is 9.38 Å².